The Labute approximate surface area is 323 Å². The molecule has 4 fully saturated rings. The van der Waals surface area contributed by atoms with Gasteiger partial charge in [-0.15, -0.1) is 10.2 Å². The number of hydrogen-bond donors (Lipinski definition) is 2. The molecule has 2 aromatic heterocycles. The first-order valence-electron chi connectivity index (χ1n) is 18.8. The Morgan fingerprint density at radius 3 is 1.39 bits per heavy atom. The molecule has 296 valence electrons. The largest absolute Gasteiger partial charge is 0.339 e. The fourth-order valence-electron chi connectivity index (χ4n) is 8.26. The van der Waals surface area contributed by atoms with Crippen LogP contribution in [0.1, 0.15) is 74.4 Å². The van der Waals surface area contributed by atoms with Crippen molar-refractivity contribution in [1.29, 1.82) is 0 Å². The summed E-state index contributed by atoms with van der Waals surface area (Å²) in [4.78, 5) is 31.9. The van der Waals surface area contributed by atoms with E-state index >= 15 is 0 Å². The van der Waals surface area contributed by atoms with Gasteiger partial charge in [0, 0.05) is 14.1 Å². The van der Waals surface area contributed by atoms with Crippen LogP contribution in [0.15, 0.2) is 73.1 Å². The van der Waals surface area contributed by atoms with E-state index in [2.05, 4.69) is 31.3 Å². The van der Waals surface area contributed by atoms with Gasteiger partial charge in [0.2, 0.25) is 0 Å². The molecule has 4 amide bonds. The summed E-state index contributed by atoms with van der Waals surface area (Å²) < 4.78 is 40.9. The van der Waals surface area contributed by atoms with E-state index in [4.69, 9.17) is 28.4 Å². The Bertz CT molecular complexity index is 1920. The molecule has 56 heavy (non-hydrogen) atoms. The highest BCUT2D eigenvalue weighted by Gasteiger charge is 2.58. The van der Waals surface area contributed by atoms with Crippen molar-refractivity contribution in [2.75, 3.05) is 14.1 Å². The molecule has 0 unspecified atom stereocenters. The van der Waals surface area contributed by atoms with Gasteiger partial charge in [-0.2, -0.15) is 0 Å². The number of carbonyl (C=O) groups is 2. The molecule has 4 bridgehead atoms. The number of carbonyl (C=O) groups excluding carboxylic acids is 2. The number of benzene rings is 2. The monoisotopic (exact) mass is 770 g/mol. The summed E-state index contributed by atoms with van der Waals surface area (Å²) in [5, 5.41) is 24.5. The first-order chi connectivity index (χ1) is 26.8. The number of ether oxygens (including phenoxy) is 6. The van der Waals surface area contributed by atoms with E-state index in [1.165, 1.54) is 0 Å². The summed E-state index contributed by atoms with van der Waals surface area (Å²) in [5.41, 5.74) is 2.98. The fraction of sp³-hybridized carbons (Fsp3) is 0.526. The van der Waals surface area contributed by atoms with Crippen LogP contribution in [0, 0.1) is 0 Å². The van der Waals surface area contributed by atoms with Gasteiger partial charge in [-0.3, -0.25) is 0 Å². The minimum atomic E-state index is -0.943. The highest BCUT2D eigenvalue weighted by molar-refractivity contribution is 5.75. The average Bonchev–Trinajstić information content (AvgIpc) is 4.01. The lowest BCUT2D eigenvalue weighted by atomic mass is 10.0. The molecule has 5 aliphatic rings. The third-order valence-electron chi connectivity index (χ3n) is 11.0. The summed E-state index contributed by atoms with van der Waals surface area (Å²) in [6.45, 7) is 7.22. The standard InChI is InChI=1S/C38H46N10O8/c1-37(2)53-29-27-31(51-33(29)55-37)39-35(49)45(5)26(18-22-15-11-8-12-16-22)24-20-48(44-42-24)28-30-34(56-38(3,4)54-30)52-32(28)40-36(50)46(6)25(23-19-47(27)43-41-23)17-21-13-9-7-10-14-21/h7-16,19-20,25-34H,17-18H2,1-6H3,(H,39,49)(H,40,50)/t25-,26-,27-,28-,29-,30-,31+,32+,33-,34-/m1/s1. The van der Waals surface area contributed by atoms with Crippen molar-refractivity contribution in [3.63, 3.8) is 0 Å². The summed E-state index contributed by atoms with van der Waals surface area (Å²) in [7, 11) is 3.40. The number of fused-ring (bicyclic) bond motifs is 12. The van der Waals surface area contributed by atoms with E-state index in [1.54, 1.807) is 73.3 Å². The molecule has 0 aliphatic carbocycles. The molecule has 0 radical (unpaired) electrons. The van der Waals surface area contributed by atoms with Gasteiger partial charge in [-0.1, -0.05) is 71.1 Å². The quantitative estimate of drug-likeness (QED) is 0.310. The van der Waals surface area contributed by atoms with Crippen molar-refractivity contribution in [1.82, 2.24) is 50.4 Å². The number of urea groups is 2. The molecule has 2 N–H and O–H groups in total. The summed E-state index contributed by atoms with van der Waals surface area (Å²) in [5.74, 6) is -1.89. The lowest BCUT2D eigenvalue weighted by Gasteiger charge is -2.32. The van der Waals surface area contributed by atoms with Gasteiger partial charge in [0.05, 0.1) is 24.5 Å². The first-order valence-corrected chi connectivity index (χ1v) is 18.8. The number of amides is 4. The molecule has 4 aromatic rings. The van der Waals surface area contributed by atoms with E-state index in [0.29, 0.717) is 24.2 Å². The van der Waals surface area contributed by atoms with Crippen LogP contribution in [0.4, 0.5) is 9.59 Å². The molecular weight excluding hydrogens is 724 g/mol. The highest BCUT2D eigenvalue weighted by Crippen LogP contribution is 2.44. The van der Waals surface area contributed by atoms with Crippen molar-refractivity contribution in [3.05, 3.63) is 95.6 Å². The van der Waals surface area contributed by atoms with Crippen LogP contribution in [0.25, 0.3) is 0 Å². The first kappa shape index (κ1) is 36.6. The zero-order chi connectivity index (χ0) is 38.9. The normalized spacial score (nSPS) is 33.5. The van der Waals surface area contributed by atoms with Crippen LogP contribution in [-0.4, -0.2) is 115 Å². The van der Waals surface area contributed by atoms with E-state index in [9.17, 15) is 9.59 Å². The number of nitrogens with one attached hydrogen (secondary N) is 2. The molecule has 4 saturated heterocycles. The molecule has 0 saturated carbocycles. The maximum absolute atomic E-state index is 14.4. The van der Waals surface area contributed by atoms with Crippen molar-refractivity contribution in [2.24, 2.45) is 0 Å². The second kappa shape index (κ2) is 13.9. The summed E-state index contributed by atoms with van der Waals surface area (Å²) in [6, 6.07) is 16.2. The molecular formula is C38H46N10O8. The Morgan fingerprint density at radius 2 is 1.00 bits per heavy atom. The van der Waals surface area contributed by atoms with Crippen molar-refractivity contribution < 1.29 is 38.0 Å². The van der Waals surface area contributed by atoms with Gasteiger partial charge >= 0.3 is 12.1 Å². The number of rotatable bonds is 4. The number of likely N-dealkylation sites (N-methyl/N-ethyl adjacent to an activating group) is 2. The Balaban J connectivity index is 1.13. The Hall–Kier alpha value is -4.98. The summed E-state index contributed by atoms with van der Waals surface area (Å²) >= 11 is 0. The molecule has 7 heterocycles. The minimum absolute atomic E-state index is 0.421. The predicted molar refractivity (Wildman–Crippen MR) is 194 cm³/mol. The third-order valence-corrected chi connectivity index (χ3v) is 11.0. The average molecular weight is 771 g/mol. The minimum Gasteiger partial charge on any atom is -0.339 e. The maximum atomic E-state index is 14.4. The lowest BCUT2D eigenvalue weighted by molar-refractivity contribution is -0.212. The second-order valence-corrected chi connectivity index (χ2v) is 15.8. The zero-order valence-electron chi connectivity index (χ0n) is 32.0. The van der Waals surface area contributed by atoms with Gasteiger partial charge < -0.3 is 48.9 Å². The van der Waals surface area contributed by atoms with Crippen LogP contribution in [0.2, 0.25) is 0 Å². The Kier molecular flexibility index (Phi) is 9.09. The zero-order valence-corrected chi connectivity index (χ0v) is 32.0. The number of hydrogen-bond acceptors (Lipinski definition) is 12. The topological polar surface area (TPSA) is 181 Å². The van der Waals surface area contributed by atoms with Crippen LogP contribution >= 0.6 is 0 Å². The molecule has 5 aliphatic heterocycles. The van der Waals surface area contributed by atoms with Crippen molar-refractivity contribution in [2.45, 2.75) is 114 Å². The molecule has 9 rings (SSSR count). The van der Waals surface area contributed by atoms with E-state index in [-0.39, 0.29) is 0 Å². The van der Waals surface area contributed by atoms with Gasteiger partial charge in [-0.05, 0) is 51.7 Å². The molecule has 18 nitrogen and oxygen atoms in total. The summed E-state index contributed by atoms with van der Waals surface area (Å²) in [6.07, 6.45) is -0.348. The third kappa shape index (κ3) is 6.79. The van der Waals surface area contributed by atoms with Crippen LogP contribution in [0.5, 0.6) is 0 Å². The molecule has 18 heteroatoms. The second-order valence-electron chi connectivity index (χ2n) is 15.8. The maximum Gasteiger partial charge on any atom is 0.319 e. The number of nitrogens with zero attached hydrogens (tertiary/aromatic N) is 8. The van der Waals surface area contributed by atoms with Gasteiger partial charge in [-0.25, -0.2) is 19.0 Å². The highest BCUT2D eigenvalue weighted by atomic mass is 16.8. The Morgan fingerprint density at radius 1 is 0.607 bits per heavy atom. The molecule has 0 spiro atoms. The predicted octanol–water partition coefficient (Wildman–Crippen LogP) is 3.18. The fourth-order valence-corrected chi connectivity index (χ4v) is 8.26. The lowest BCUT2D eigenvalue weighted by Crippen LogP contribution is -2.49. The van der Waals surface area contributed by atoms with Gasteiger partial charge in [0.25, 0.3) is 0 Å². The van der Waals surface area contributed by atoms with Crippen LogP contribution < -0.4 is 10.6 Å². The number of aromatic nitrogens is 6. The smallest absolute Gasteiger partial charge is 0.319 e. The van der Waals surface area contributed by atoms with Crippen molar-refractivity contribution in [3.8, 4) is 0 Å². The SMILES string of the molecule is CN1C(=O)N[C@H]2O[C@@H]3OC(C)(C)O[C@@H]3[C@H]2n2cc(nn2)[C@@H](Cc2ccccc2)N(C)C(=O)N[C@H]2O[C@@H]3OC(C)(C)O[C@@H]3[C@H]2n2cc(nn2)[C@H]1Cc1ccccc1. The molecule has 2 aromatic carbocycles. The van der Waals surface area contributed by atoms with Gasteiger partial charge in [0.1, 0.15) is 35.7 Å². The van der Waals surface area contributed by atoms with E-state index in [0.717, 1.165) is 11.1 Å². The molecule has 10 atom stereocenters. The van der Waals surface area contributed by atoms with E-state index in [1.807, 2.05) is 60.7 Å². The van der Waals surface area contributed by atoms with Crippen LogP contribution in [-0.2, 0) is 41.3 Å². The van der Waals surface area contributed by atoms with Crippen LogP contribution in [0.3, 0.4) is 0 Å². The van der Waals surface area contributed by atoms with Crippen molar-refractivity contribution >= 4 is 12.1 Å². The van der Waals surface area contributed by atoms with E-state index < -0.39 is 85.0 Å². The van der Waals surface area contributed by atoms with Gasteiger partial charge in [0.15, 0.2) is 36.6 Å².